The summed E-state index contributed by atoms with van der Waals surface area (Å²) in [5, 5.41) is 14.1. The zero-order valence-electron chi connectivity index (χ0n) is 21.9. The number of carboxylic acids is 1. The highest BCUT2D eigenvalue weighted by atomic mass is 31.2. The Hall–Kier alpha value is -3.72. The summed E-state index contributed by atoms with van der Waals surface area (Å²) >= 11 is 0. The molecule has 2 saturated heterocycles. The van der Waals surface area contributed by atoms with Crippen LogP contribution in [0, 0.1) is 0 Å². The minimum Gasteiger partial charge on any atom is -0.481 e. The number of carbonyl (C=O) groups excluding carboxylic acids is 1. The first-order valence-corrected chi connectivity index (χ1v) is 14.6. The molecule has 3 aromatic rings. The third-order valence-electron chi connectivity index (χ3n) is 6.36. The van der Waals surface area contributed by atoms with E-state index in [9.17, 15) is 19.0 Å². The van der Waals surface area contributed by atoms with Gasteiger partial charge in [0.05, 0.1) is 25.5 Å². The predicted octanol–water partition coefficient (Wildman–Crippen LogP) is 2.37. The van der Waals surface area contributed by atoms with E-state index in [0.717, 1.165) is 5.56 Å². The second-order valence-electron chi connectivity index (χ2n) is 9.24. The van der Waals surface area contributed by atoms with Crippen LogP contribution >= 0.6 is 7.60 Å². The molecule has 4 N–H and O–H groups in total. The average molecular weight is 589 g/mol. The van der Waals surface area contributed by atoms with Gasteiger partial charge in [-0.25, -0.2) is 19.7 Å². The van der Waals surface area contributed by atoms with Crippen molar-refractivity contribution in [1.82, 2.24) is 24.8 Å². The van der Waals surface area contributed by atoms with Crippen LogP contribution in [0.3, 0.4) is 0 Å². The number of aliphatic carboxylic acids is 1. The van der Waals surface area contributed by atoms with Gasteiger partial charge in [0.2, 0.25) is 0 Å². The molecular weight excluding hydrogens is 559 g/mol. The Kier molecular flexibility index (Phi) is 8.73. The van der Waals surface area contributed by atoms with Gasteiger partial charge >= 0.3 is 19.6 Å². The average Bonchev–Trinajstić information content (AvgIpc) is 3.65. The molecule has 41 heavy (non-hydrogen) atoms. The monoisotopic (exact) mass is 588 g/mol. The molecule has 2 unspecified atom stereocenters. The van der Waals surface area contributed by atoms with Crippen LogP contribution in [0.5, 0.6) is 0 Å². The molecule has 0 spiro atoms. The topological polar surface area (TPSA) is 196 Å². The number of benzene rings is 1. The molecule has 6 atom stereocenters. The Labute approximate surface area is 234 Å². The Bertz CT molecular complexity index is 1470. The molecule has 5 rings (SSSR count). The van der Waals surface area contributed by atoms with Crippen molar-refractivity contribution in [2.24, 2.45) is 0 Å². The summed E-state index contributed by atoms with van der Waals surface area (Å²) in [6, 6.07) is 9.11. The number of fused-ring (bicyclic) bond motifs is 2. The van der Waals surface area contributed by atoms with Gasteiger partial charge in [-0.15, -0.1) is 0 Å². The van der Waals surface area contributed by atoms with E-state index in [-0.39, 0.29) is 12.4 Å². The molecule has 2 aromatic heterocycles. The third-order valence-corrected chi connectivity index (χ3v) is 7.71. The van der Waals surface area contributed by atoms with E-state index < -0.39 is 63.0 Å². The molecule has 1 aromatic carbocycles. The lowest BCUT2D eigenvalue weighted by Crippen LogP contribution is -2.31. The Balaban J connectivity index is 1.39. The molecule has 2 amide bonds. The minimum absolute atomic E-state index is 0.195. The van der Waals surface area contributed by atoms with Gasteiger partial charge in [-0.1, -0.05) is 36.4 Å². The van der Waals surface area contributed by atoms with Gasteiger partial charge in [0.25, 0.3) is 0 Å². The fraction of sp³-hybridized carbons (Fsp3) is 0.400. The summed E-state index contributed by atoms with van der Waals surface area (Å²) in [6.07, 6.45) is 1.42. The van der Waals surface area contributed by atoms with Crippen molar-refractivity contribution in [3.63, 3.8) is 0 Å². The number of anilines is 1. The fourth-order valence-electron chi connectivity index (χ4n) is 4.50. The lowest BCUT2D eigenvalue weighted by Gasteiger charge is -2.21. The molecule has 0 bridgehead atoms. The first-order chi connectivity index (χ1) is 19.7. The largest absolute Gasteiger partial charge is 0.481 e. The molecule has 0 aliphatic carbocycles. The van der Waals surface area contributed by atoms with E-state index in [2.05, 4.69) is 25.6 Å². The third kappa shape index (κ3) is 6.78. The van der Waals surface area contributed by atoms with Gasteiger partial charge in [0.15, 0.2) is 29.5 Å². The van der Waals surface area contributed by atoms with E-state index in [0.29, 0.717) is 17.7 Å². The summed E-state index contributed by atoms with van der Waals surface area (Å²) in [5.74, 6) is -1.02. The van der Waals surface area contributed by atoms with E-state index >= 15 is 0 Å². The quantitative estimate of drug-likeness (QED) is 0.239. The van der Waals surface area contributed by atoms with Gasteiger partial charge in [0, 0.05) is 6.54 Å². The van der Waals surface area contributed by atoms with E-state index in [1.54, 1.807) is 17.6 Å². The normalized spacial score (nSPS) is 25.3. The second-order valence-corrected chi connectivity index (χ2v) is 11.2. The van der Waals surface area contributed by atoms with Crippen molar-refractivity contribution in [2.75, 3.05) is 24.6 Å². The van der Waals surface area contributed by atoms with Crippen LogP contribution in [-0.2, 0) is 28.1 Å². The van der Waals surface area contributed by atoms with E-state index in [1.165, 1.54) is 12.7 Å². The summed E-state index contributed by atoms with van der Waals surface area (Å²) in [4.78, 5) is 45.8. The number of aromatic nitrogens is 4. The molecule has 4 heterocycles. The zero-order valence-corrected chi connectivity index (χ0v) is 22.8. The summed E-state index contributed by atoms with van der Waals surface area (Å²) in [6.45, 7) is 1.85. The molecular formula is C25H29N6O9P. The van der Waals surface area contributed by atoms with Crippen LogP contribution in [0.1, 0.15) is 25.1 Å². The maximum absolute atomic E-state index is 12.4. The van der Waals surface area contributed by atoms with Crippen molar-refractivity contribution < 1.29 is 42.9 Å². The second kappa shape index (κ2) is 12.4. The Morgan fingerprint density at radius 3 is 2.68 bits per heavy atom. The summed E-state index contributed by atoms with van der Waals surface area (Å²) in [7, 11) is -4.21. The van der Waals surface area contributed by atoms with Crippen LogP contribution in [-0.4, -0.2) is 85.4 Å². The Morgan fingerprint density at radius 1 is 1.15 bits per heavy atom. The number of nitrogens with zero attached hydrogens (tertiary/aromatic N) is 4. The molecule has 0 saturated carbocycles. The number of hydrogen-bond donors (Lipinski definition) is 4. The van der Waals surface area contributed by atoms with Gasteiger partial charge in [0.1, 0.15) is 24.6 Å². The van der Waals surface area contributed by atoms with Gasteiger partial charge in [-0.05, 0) is 18.6 Å². The van der Waals surface area contributed by atoms with Crippen LogP contribution in [0.2, 0.25) is 0 Å². The predicted molar refractivity (Wildman–Crippen MR) is 144 cm³/mol. The lowest BCUT2D eigenvalue weighted by molar-refractivity contribution is -0.136. The number of urea groups is 1. The maximum atomic E-state index is 12.4. The standard InChI is InChI=1S/C25H29N6O9P/c1-2-26-25(34)30-22-19-23(28-13-27-22)31(14-29-19)24-21-20(16(38-24)12-37-41(35,36)11-10-17(32)33)39-18(40-21)9-8-15-6-4-3-5-7-15/h3-9,13-14,16,18,20-21,24H,2,10-12H2,1H3,(H,32,33)(H,35,36)(H2,26,27,28,30,34)/b9-8+/t16-,18+,20?,21+,24-/m1/s1. The highest BCUT2D eigenvalue weighted by Crippen LogP contribution is 2.46. The number of carboxylic acid groups (broad SMARTS) is 1. The molecule has 0 radical (unpaired) electrons. The van der Waals surface area contributed by atoms with E-state index in [4.69, 9.17) is 23.8 Å². The number of hydrogen-bond acceptors (Lipinski definition) is 10. The fourth-order valence-corrected chi connectivity index (χ4v) is 5.48. The molecule has 2 aliphatic heterocycles. The first kappa shape index (κ1) is 28.8. The van der Waals surface area contributed by atoms with Crippen LogP contribution in [0.4, 0.5) is 10.6 Å². The highest BCUT2D eigenvalue weighted by Gasteiger charge is 2.53. The van der Waals surface area contributed by atoms with Crippen LogP contribution < -0.4 is 10.6 Å². The molecule has 15 nitrogen and oxygen atoms in total. The van der Waals surface area contributed by atoms with Gasteiger partial charge in [-0.3, -0.25) is 19.2 Å². The van der Waals surface area contributed by atoms with Crippen molar-refractivity contribution in [3.05, 3.63) is 54.6 Å². The number of ether oxygens (including phenoxy) is 3. The Morgan fingerprint density at radius 2 is 1.93 bits per heavy atom. The lowest BCUT2D eigenvalue weighted by atomic mass is 10.1. The van der Waals surface area contributed by atoms with Crippen molar-refractivity contribution >= 4 is 42.7 Å². The van der Waals surface area contributed by atoms with Gasteiger partial charge < -0.3 is 34.1 Å². The zero-order chi connectivity index (χ0) is 29.0. The number of nitrogens with one attached hydrogen (secondary N) is 2. The van der Waals surface area contributed by atoms with Gasteiger partial charge in [-0.2, -0.15) is 0 Å². The maximum Gasteiger partial charge on any atom is 0.328 e. The number of rotatable bonds is 11. The molecule has 2 fully saturated rings. The van der Waals surface area contributed by atoms with E-state index in [1.807, 2.05) is 36.4 Å². The summed E-state index contributed by atoms with van der Waals surface area (Å²) in [5.41, 5.74) is 1.60. The van der Waals surface area contributed by atoms with Crippen LogP contribution in [0.15, 0.2) is 49.1 Å². The van der Waals surface area contributed by atoms with Crippen molar-refractivity contribution in [3.8, 4) is 0 Å². The number of carbonyl (C=O) groups is 2. The molecule has 16 heteroatoms. The number of imidazole rings is 1. The van der Waals surface area contributed by atoms with Crippen molar-refractivity contribution in [1.29, 1.82) is 0 Å². The van der Waals surface area contributed by atoms with Crippen LogP contribution in [0.25, 0.3) is 17.2 Å². The minimum atomic E-state index is -4.21. The van der Waals surface area contributed by atoms with Crippen molar-refractivity contribution in [2.45, 2.75) is 44.2 Å². The molecule has 218 valence electrons. The number of amides is 2. The first-order valence-electron chi connectivity index (χ1n) is 12.8. The smallest absolute Gasteiger partial charge is 0.328 e. The molecule has 2 aliphatic rings. The summed E-state index contributed by atoms with van der Waals surface area (Å²) < 4.78 is 37.7. The highest BCUT2D eigenvalue weighted by molar-refractivity contribution is 7.52. The SMILES string of the molecule is CCNC(=O)Nc1ncnc2c1ncn2[C@@H]1O[C@H](COP(=O)(O)CCC(=O)O)C2O[C@H](/C=C/c3ccccc3)O[C@@H]21.